The molecule has 17 heavy (non-hydrogen) atoms. The first-order valence-corrected chi connectivity index (χ1v) is 5.25. The third kappa shape index (κ3) is 4.34. The Labute approximate surface area is 128 Å². The number of benzene rings is 1. The van der Waals surface area contributed by atoms with Gasteiger partial charge in [-0.2, -0.15) is 47.9 Å². The van der Waals surface area contributed by atoms with E-state index in [1.807, 2.05) is 24.3 Å². The molecule has 0 amide bonds. The van der Waals surface area contributed by atoms with Crippen molar-refractivity contribution in [3.05, 3.63) is 60.4 Å². The summed E-state index contributed by atoms with van der Waals surface area (Å²) in [5, 5.41) is 0. The number of fused-ring (bicyclic) bond motifs is 1. The van der Waals surface area contributed by atoms with Crippen molar-refractivity contribution >= 4 is 12.4 Å². The minimum absolute atomic E-state index is 0. The predicted molar refractivity (Wildman–Crippen MR) is 64.4 cm³/mol. The molecule has 2 heterocycles. The summed E-state index contributed by atoms with van der Waals surface area (Å²) < 4.78 is 5.40. The van der Waals surface area contributed by atoms with E-state index in [2.05, 4.69) is 30.1 Å². The van der Waals surface area contributed by atoms with Gasteiger partial charge in [0.15, 0.2) is 0 Å². The van der Waals surface area contributed by atoms with Crippen molar-refractivity contribution in [2.75, 3.05) is 0 Å². The molecular weight excluding hydrogens is 286 g/mol. The van der Waals surface area contributed by atoms with Gasteiger partial charge in [0.2, 0.25) is 0 Å². The van der Waals surface area contributed by atoms with Gasteiger partial charge in [0.05, 0.1) is 0 Å². The summed E-state index contributed by atoms with van der Waals surface area (Å²) in [4.78, 5) is 3.66. The van der Waals surface area contributed by atoms with Crippen LogP contribution in [0.2, 0.25) is 6.82 Å². The second-order valence-corrected chi connectivity index (χ2v) is 3.54. The van der Waals surface area contributed by atoms with Crippen LogP contribution in [0.4, 0.5) is 0 Å². The van der Waals surface area contributed by atoms with Gasteiger partial charge >= 0.3 is 0 Å². The second-order valence-electron chi connectivity index (χ2n) is 3.54. The fourth-order valence-electron chi connectivity index (χ4n) is 1.58. The van der Waals surface area contributed by atoms with E-state index >= 15 is 0 Å². The van der Waals surface area contributed by atoms with Crippen LogP contribution in [0, 0.1) is 12.3 Å². The van der Waals surface area contributed by atoms with Crippen LogP contribution in [-0.2, 0) is 44.0 Å². The summed E-state index contributed by atoms with van der Waals surface area (Å²) in [7, 11) is 0. The maximum absolute atomic E-state index is 5.40. The van der Waals surface area contributed by atoms with Crippen molar-refractivity contribution in [2.24, 2.45) is 0 Å². The molecule has 0 spiro atoms. The number of hydrogen-bond acceptors (Lipinski definition) is 2. The van der Waals surface area contributed by atoms with Crippen LogP contribution in [0.1, 0.15) is 5.56 Å². The molecule has 3 rings (SSSR count). The molecule has 0 saturated carbocycles. The van der Waals surface area contributed by atoms with Crippen molar-refractivity contribution in [1.82, 2.24) is 4.98 Å². The second kappa shape index (κ2) is 7.75. The fraction of sp³-hybridized carbons (Fsp3) is 0.154. The van der Waals surface area contributed by atoms with Gasteiger partial charge in [-0.25, -0.2) is 0 Å². The average Bonchev–Trinajstić information content (AvgIpc) is 2.75. The van der Waals surface area contributed by atoms with Crippen molar-refractivity contribution in [2.45, 2.75) is 13.4 Å². The van der Waals surface area contributed by atoms with E-state index in [0.717, 1.165) is 6.61 Å². The predicted octanol–water partition coefficient (Wildman–Crippen LogP) is 1.72. The maximum Gasteiger partial charge on any atom is 0.298 e. The van der Waals surface area contributed by atoms with Gasteiger partial charge in [-0.1, -0.05) is 19.2 Å². The largest absolute Gasteiger partial charge is 0.440 e. The standard InChI is InChI=1S/C8H8BO.C5H4N.Y/c1-9-8-5-3-2-4-7(8)6-10-9;1-2-4-6-5-3-1;/h3-5H,6H2,1H3;1-4H;/q2*-1;. The Balaban J connectivity index is 0.000000180. The summed E-state index contributed by atoms with van der Waals surface area (Å²) in [6.07, 6.45) is 4.34. The zero-order valence-electron chi connectivity index (χ0n) is 9.76. The van der Waals surface area contributed by atoms with Gasteiger partial charge in [-0.05, 0) is 0 Å². The molecule has 0 N–H and O–H groups in total. The number of aromatic nitrogens is 1. The summed E-state index contributed by atoms with van der Waals surface area (Å²) in [6.45, 7) is 3.12. The summed E-state index contributed by atoms with van der Waals surface area (Å²) in [5.74, 6) is 0. The van der Waals surface area contributed by atoms with Crippen molar-refractivity contribution < 1.29 is 37.4 Å². The van der Waals surface area contributed by atoms with E-state index in [1.54, 1.807) is 12.3 Å². The molecule has 83 valence electrons. The van der Waals surface area contributed by atoms with Crippen LogP contribution < -0.4 is 5.46 Å². The summed E-state index contributed by atoms with van der Waals surface area (Å²) in [6, 6.07) is 14.5. The van der Waals surface area contributed by atoms with Crippen molar-refractivity contribution in [1.29, 1.82) is 0 Å². The summed E-state index contributed by atoms with van der Waals surface area (Å²) >= 11 is 0. The van der Waals surface area contributed by atoms with Crippen molar-refractivity contribution in [3.63, 3.8) is 0 Å². The van der Waals surface area contributed by atoms with E-state index in [9.17, 15) is 0 Å². The van der Waals surface area contributed by atoms with Gasteiger partial charge in [0.1, 0.15) is 0 Å². The maximum atomic E-state index is 5.40. The molecule has 0 unspecified atom stereocenters. The Hall–Kier alpha value is -0.501. The van der Waals surface area contributed by atoms with E-state index in [0.29, 0.717) is 0 Å². The Kier molecular flexibility index (Phi) is 6.64. The quantitative estimate of drug-likeness (QED) is 0.546. The van der Waals surface area contributed by atoms with Gasteiger partial charge in [-0.15, -0.1) is 5.56 Å². The van der Waals surface area contributed by atoms with Crippen LogP contribution in [0.15, 0.2) is 42.6 Å². The van der Waals surface area contributed by atoms with E-state index in [1.165, 1.54) is 11.0 Å². The number of pyridine rings is 1. The molecule has 2 nitrogen and oxygen atoms in total. The molecule has 0 fully saturated rings. The first-order valence-electron chi connectivity index (χ1n) is 5.25. The van der Waals surface area contributed by atoms with Gasteiger partial charge in [0, 0.05) is 39.3 Å². The molecule has 1 aromatic carbocycles. The van der Waals surface area contributed by atoms with Gasteiger partial charge in [0.25, 0.3) is 6.92 Å². The minimum atomic E-state index is 0. The Morgan fingerprint density at radius 1 is 1.35 bits per heavy atom. The molecule has 0 aliphatic carbocycles. The number of nitrogens with zero attached hydrogens (tertiary/aromatic N) is 1. The zero-order valence-corrected chi connectivity index (χ0v) is 12.6. The minimum Gasteiger partial charge on any atom is -0.440 e. The Morgan fingerprint density at radius 2 is 2.24 bits per heavy atom. The van der Waals surface area contributed by atoms with Crippen LogP contribution in [0.25, 0.3) is 0 Å². The van der Waals surface area contributed by atoms with E-state index in [-0.39, 0.29) is 39.6 Å². The summed E-state index contributed by atoms with van der Waals surface area (Å²) in [5.41, 5.74) is 2.61. The Bertz CT molecular complexity index is 412. The topological polar surface area (TPSA) is 22.1 Å². The molecule has 1 radical (unpaired) electrons. The van der Waals surface area contributed by atoms with Crippen LogP contribution >= 0.6 is 0 Å². The zero-order chi connectivity index (χ0) is 11.2. The SMILES string of the molecule is CB1OCc2c[c-]ccc21.[Y].[c-]1ccccn1. The third-order valence-corrected chi connectivity index (χ3v) is 2.43. The number of hydrogen-bond donors (Lipinski definition) is 0. The third-order valence-electron chi connectivity index (χ3n) is 2.43. The molecule has 1 aliphatic heterocycles. The van der Waals surface area contributed by atoms with E-state index < -0.39 is 0 Å². The normalized spacial score (nSPS) is 11.9. The molecule has 2 aromatic rings. The van der Waals surface area contributed by atoms with Gasteiger partial charge < -0.3 is 9.64 Å². The van der Waals surface area contributed by atoms with Crippen LogP contribution in [0.5, 0.6) is 0 Å². The first-order chi connectivity index (χ1) is 7.88. The molecule has 0 saturated heterocycles. The smallest absolute Gasteiger partial charge is 0.298 e. The molecule has 1 aliphatic rings. The van der Waals surface area contributed by atoms with Crippen LogP contribution in [0.3, 0.4) is 0 Å². The molecule has 0 atom stereocenters. The van der Waals surface area contributed by atoms with Gasteiger partial charge in [-0.3, -0.25) is 0 Å². The molecule has 4 heteroatoms. The Morgan fingerprint density at radius 3 is 2.76 bits per heavy atom. The number of rotatable bonds is 0. The molecular formula is C13H12BNOY-2. The first kappa shape index (κ1) is 14.6. The fourth-order valence-corrected chi connectivity index (χ4v) is 1.58. The monoisotopic (exact) mass is 298 g/mol. The molecule has 1 aromatic heterocycles. The van der Waals surface area contributed by atoms with Crippen molar-refractivity contribution in [3.8, 4) is 0 Å². The average molecular weight is 298 g/mol. The molecule has 0 bridgehead atoms. The van der Waals surface area contributed by atoms with Crippen LogP contribution in [-0.4, -0.2) is 11.9 Å². The van der Waals surface area contributed by atoms with E-state index in [4.69, 9.17) is 4.65 Å².